The van der Waals surface area contributed by atoms with Crippen molar-refractivity contribution in [1.29, 1.82) is 0 Å². The van der Waals surface area contributed by atoms with E-state index in [9.17, 15) is 0 Å². The predicted octanol–water partition coefficient (Wildman–Crippen LogP) is 2.40. The maximum Gasteiger partial charge on any atom is 0.231 e. The van der Waals surface area contributed by atoms with Crippen LogP contribution in [0.5, 0.6) is 0 Å². The molecule has 1 N–H and O–H groups in total. The van der Waals surface area contributed by atoms with Gasteiger partial charge in [0.25, 0.3) is 0 Å². The van der Waals surface area contributed by atoms with Crippen molar-refractivity contribution in [3.63, 3.8) is 0 Å². The molecule has 0 radical (unpaired) electrons. The number of ether oxygens (including phenoxy) is 1. The molecule has 0 bridgehead atoms. The summed E-state index contributed by atoms with van der Waals surface area (Å²) in [5.74, 6) is 1.24. The lowest BCUT2D eigenvalue weighted by molar-refractivity contribution is 0.0734. The molecule has 5 nitrogen and oxygen atoms in total. The van der Waals surface area contributed by atoms with Gasteiger partial charge in [0, 0.05) is 11.6 Å². The molecule has 0 saturated carbocycles. The van der Waals surface area contributed by atoms with Gasteiger partial charge in [-0.3, -0.25) is 0 Å². The molecule has 1 aromatic heterocycles. The largest absolute Gasteiger partial charge is 0.378 e. The molecule has 2 aromatic rings. The standard InChI is InChI=1S/C13H14ClN3O2.ClH/c14-10-3-1-2-9(6-10)7-12-16-13(17-19-12)11-8-18-5-4-15-11;/h1-3,6,11,15H,4-5,7-8H2;1H. The lowest BCUT2D eigenvalue weighted by Crippen LogP contribution is -2.35. The zero-order valence-corrected chi connectivity index (χ0v) is 12.3. The summed E-state index contributed by atoms with van der Waals surface area (Å²) < 4.78 is 10.6. The minimum absolute atomic E-state index is 0. The van der Waals surface area contributed by atoms with Crippen LogP contribution in [-0.4, -0.2) is 29.9 Å². The Bertz CT molecular complexity index is 556. The number of halogens is 2. The van der Waals surface area contributed by atoms with E-state index < -0.39 is 0 Å². The summed E-state index contributed by atoms with van der Waals surface area (Å²) in [4.78, 5) is 4.40. The number of rotatable bonds is 3. The molecule has 108 valence electrons. The Morgan fingerprint density at radius 3 is 3.05 bits per heavy atom. The van der Waals surface area contributed by atoms with E-state index in [0.717, 1.165) is 18.7 Å². The smallest absolute Gasteiger partial charge is 0.231 e. The van der Waals surface area contributed by atoms with Crippen molar-refractivity contribution in [1.82, 2.24) is 15.5 Å². The van der Waals surface area contributed by atoms with Crippen LogP contribution in [-0.2, 0) is 11.2 Å². The number of morpholine rings is 1. The van der Waals surface area contributed by atoms with Gasteiger partial charge in [0.1, 0.15) is 0 Å². The SMILES string of the molecule is Cl.Clc1cccc(Cc2nc(C3COCCN3)no2)c1. The molecule has 1 saturated heterocycles. The van der Waals surface area contributed by atoms with Gasteiger partial charge in [-0.2, -0.15) is 4.98 Å². The van der Waals surface area contributed by atoms with Gasteiger partial charge in [0.2, 0.25) is 5.89 Å². The van der Waals surface area contributed by atoms with Crippen LogP contribution in [0.2, 0.25) is 5.02 Å². The number of hydrogen-bond donors (Lipinski definition) is 1. The Hall–Kier alpha value is -1.14. The van der Waals surface area contributed by atoms with Crippen LogP contribution in [0, 0.1) is 0 Å². The molecule has 1 aromatic carbocycles. The van der Waals surface area contributed by atoms with Crippen molar-refractivity contribution in [3.8, 4) is 0 Å². The zero-order valence-electron chi connectivity index (χ0n) is 10.7. The molecule has 3 rings (SSSR count). The highest BCUT2D eigenvalue weighted by Crippen LogP contribution is 2.16. The van der Waals surface area contributed by atoms with E-state index in [4.69, 9.17) is 20.9 Å². The number of aromatic nitrogens is 2. The summed E-state index contributed by atoms with van der Waals surface area (Å²) in [7, 11) is 0. The second kappa shape index (κ2) is 7.04. The van der Waals surface area contributed by atoms with Crippen LogP contribution in [0.4, 0.5) is 0 Å². The van der Waals surface area contributed by atoms with E-state index in [0.29, 0.717) is 29.8 Å². The van der Waals surface area contributed by atoms with Crippen molar-refractivity contribution in [2.75, 3.05) is 19.8 Å². The topological polar surface area (TPSA) is 60.2 Å². The van der Waals surface area contributed by atoms with E-state index in [1.54, 1.807) is 0 Å². The Morgan fingerprint density at radius 1 is 1.40 bits per heavy atom. The van der Waals surface area contributed by atoms with Crippen LogP contribution in [0.3, 0.4) is 0 Å². The third kappa shape index (κ3) is 3.70. The average molecular weight is 316 g/mol. The fourth-order valence-electron chi connectivity index (χ4n) is 2.03. The number of nitrogens with one attached hydrogen (secondary N) is 1. The summed E-state index contributed by atoms with van der Waals surface area (Å²) in [5.41, 5.74) is 1.05. The van der Waals surface area contributed by atoms with Crippen molar-refractivity contribution in [2.45, 2.75) is 12.5 Å². The van der Waals surface area contributed by atoms with Gasteiger partial charge in [0.15, 0.2) is 5.82 Å². The summed E-state index contributed by atoms with van der Waals surface area (Å²) in [6, 6.07) is 7.65. The van der Waals surface area contributed by atoms with Crippen LogP contribution < -0.4 is 5.32 Å². The van der Waals surface area contributed by atoms with Gasteiger partial charge in [0.05, 0.1) is 25.7 Å². The van der Waals surface area contributed by atoms with Crippen LogP contribution in [0.15, 0.2) is 28.8 Å². The monoisotopic (exact) mass is 315 g/mol. The molecule has 0 aliphatic carbocycles. The lowest BCUT2D eigenvalue weighted by atomic mass is 10.1. The van der Waals surface area contributed by atoms with Crippen molar-refractivity contribution >= 4 is 24.0 Å². The van der Waals surface area contributed by atoms with E-state index in [2.05, 4.69) is 15.5 Å². The summed E-state index contributed by atoms with van der Waals surface area (Å²) in [6.45, 7) is 2.11. The fraction of sp³-hybridized carbons (Fsp3) is 0.385. The minimum atomic E-state index is 0. The average Bonchev–Trinajstić information content (AvgIpc) is 2.88. The first-order chi connectivity index (χ1) is 9.31. The molecular formula is C13H15Cl2N3O2. The Labute approximate surface area is 128 Å². The van der Waals surface area contributed by atoms with Gasteiger partial charge in [-0.1, -0.05) is 28.9 Å². The highest BCUT2D eigenvalue weighted by Gasteiger charge is 2.20. The van der Waals surface area contributed by atoms with Crippen molar-refractivity contribution in [2.24, 2.45) is 0 Å². The van der Waals surface area contributed by atoms with Crippen molar-refractivity contribution < 1.29 is 9.26 Å². The molecular weight excluding hydrogens is 301 g/mol. The molecule has 1 fully saturated rings. The van der Waals surface area contributed by atoms with Crippen LogP contribution in [0.1, 0.15) is 23.3 Å². The molecule has 0 amide bonds. The highest BCUT2D eigenvalue weighted by molar-refractivity contribution is 6.30. The molecule has 20 heavy (non-hydrogen) atoms. The van der Waals surface area contributed by atoms with Gasteiger partial charge in [-0.25, -0.2) is 0 Å². The molecule has 1 unspecified atom stereocenters. The van der Waals surface area contributed by atoms with Gasteiger partial charge in [-0.15, -0.1) is 12.4 Å². The lowest BCUT2D eigenvalue weighted by Gasteiger charge is -2.20. The van der Waals surface area contributed by atoms with Gasteiger partial charge < -0.3 is 14.6 Å². The quantitative estimate of drug-likeness (QED) is 0.942. The molecule has 1 aliphatic heterocycles. The number of hydrogen-bond acceptors (Lipinski definition) is 5. The molecule has 7 heteroatoms. The molecule has 0 spiro atoms. The van der Waals surface area contributed by atoms with Crippen molar-refractivity contribution in [3.05, 3.63) is 46.6 Å². The van der Waals surface area contributed by atoms with Crippen LogP contribution >= 0.6 is 24.0 Å². The van der Waals surface area contributed by atoms with Gasteiger partial charge in [-0.05, 0) is 17.7 Å². The summed E-state index contributed by atoms with van der Waals surface area (Å²) >= 11 is 5.94. The normalized spacial score (nSPS) is 18.6. The first-order valence-electron chi connectivity index (χ1n) is 6.19. The maximum atomic E-state index is 5.94. The fourth-order valence-corrected chi connectivity index (χ4v) is 2.25. The minimum Gasteiger partial charge on any atom is -0.378 e. The molecule has 1 aliphatic rings. The second-order valence-corrected chi connectivity index (χ2v) is 4.87. The Balaban J connectivity index is 0.00000147. The number of nitrogens with zero attached hydrogens (tertiary/aromatic N) is 2. The van der Waals surface area contributed by atoms with E-state index >= 15 is 0 Å². The van der Waals surface area contributed by atoms with E-state index in [1.807, 2.05) is 24.3 Å². The first-order valence-corrected chi connectivity index (χ1v) is 6.57. The Kier molecular flexibility index (Phi) is 5.37. The first kappa shape index (κ1) is 15.3. The third-order valence-corrected chi connectivity index (χ3v) is 3.20. The number of benzene rings is 1. The zero-order chi connectivity index (χ0) is 13.1. The predicted molar refractivity (Wildman–Crippen MR) is 77.4 cm³/mol. The van der Waals surface area contributed by atoms with Crippen LogP contribution in [0.25, 0.3) is 0 Å². The summed E-state index contributed by atoms with van der Waals surface area (Å²) in [6.07, 6.45) is 0.584. The molecule has 2 heterocycles. The van der Waals surface area contributed by atoms with E-state index in [1.165, 1.54) is 0 Å². The van der Waals surface area contributed by atoms with Gasteiger partial charge >= 0.3 is 0 Å². The Morgan fingerprint density at radius 2 is 2.30 bits per heavy atom. The second-order valence-electron chi connectivity index (χ2n) is 4.43. The third-order valence-electron chi connectivity index (χ3n) is 2.96. The summed E-state index contributed by atoms with van der Waals surface area (Å²) in [5, 5.41) is 8.00. The van der Waals surface area contributed by atoms with E-state index in [-0.39, 0.29) is 18.4 Å². The maximum absolute atomic E-state index is 5.94. The highest BCUT2D eigenvalue weighted by atomic mass is 35.5. The molecule has 1 atom stereocenters.